The molecule has 1 heterocycles. The molecule has 0 aliphatic rings. The number of nitrogens with one attached hydrogen (secondary N) is 1. The number of rotatable bonds is 3. The van der Waals surface area contributed by atoms with Gasteiger partial charge in [-0.2, -0.15) is 0 Å². The fraction of sp³-hybridized carbons (Fsp3) is 0.200. The lowest BCUT2D eigenvalue weighted by atomic mass is 10.3. The van der Waals surface area contributed by atoms with E-state index in [4.69, 9.17) is 11.6 Å². The first-order valence-corrected chi connectivity index (χ1v) is 5.99. The molecule has 0 unspecified atom stereocenters. The molecular formula is C10H9BrClFN4. The minimum atomic E-state index is -0.402. The van der Waals surface area contributed by atoms with Gasteiger partial charge in [-0.25, -0.2) is 9.07 Å². The molecule has 0 spiro atoms. The van der Waals surface area contributed by atoms with Gasteiger partial charge in [-0.15, -0.1) is 5.10 Å². The molecule has 0 saturated heterocycles. The van der Waals surface area contributed by atoms with Crippen LogP contribution in [0.2, 0.25) is 5.02 Å². The minimum Gasteiger partial charge on any atom is -0.314 e. The number of hydrogen-bond acceptors (Lipinski definition) is 3. The molecule has 0 bridgehead atoms. The largest absolute Gasteiger partial charge is 0.314 e. The summed E-state index contributed by atoms with van der Waals surface area (Å²) in [4.78, 5) is 0. The smallest absolute Gasteiger partial charge is 0.125 e. The van der Waals surface area contributed by atoms with Crippen molar-refractivity contribution in [3.8, 4) is 5.69 Å². The molecule has 0 fully saturated rings. The zero-order valence-electron chi connectivity index (χ0n) is 8.91. The highest BCUT2D eigenvalue weighted by atomic mass is 79.9. The first-order valence-electron chi connectivity index (χ1n) is 4.82. The average molecular weight is 320 g/mol. The Morgan fingerprint density at radius 3 is 2.94 bits per heavy atom. The molecule has 1 aromatic carbocycles. The lowest BCUT2D eigenvalue weighted by Crippen LogP contribution is -2.11. The molecular weight excluding hydrogens is 310 g/mol. The molecule has 2 rings (SSSR count). The van der Waals surface area contributed by atoms with Gasteiger partial charge in [0.2, 0.25) is 0 Å². The second-order valence-electron chi connectivity index (χ2n) is 3.39. The standard InChI is InChI=1S/C10H9BrClFN4/c1-14-4-7-5-15-16-17(7)10-8(11)2-6(13)3-9(10)12/h2-3,5,14H,4H2,1H3. The third-order valence-electron chi connectivity index (χ3n) is 2.17. The van der Waals surface area contributed by atoms with E-state index < -0.39 is 5.82 Å². The number of hydrogen-bond donors (Lipinski definition) is 1. The van der Waals surface area contributed by atoms with E-state index in [2.05, 4.69) is 31.6 Å². The maximum absolute atomic E-state index is 13.1. The van der Waals surface area contributed by atoms with Gasteiger partial charge in [-0.1, -0.05) is 16.8 Å². The van der Waals surface area contributed by atoms with Crippen LogP contribution < -0.4 is 5.32 Å². The molecule has 0 atom stereocenters. The van der Waals surface area contributed by atoms with E-state index in [-0.39, 0.29) is 5.02 Å². The SMILES string of the molecule is CNCc1cnnn1-c1c(Cl)cc(F)cc1Br. The van der Waals surface area contributed by atoms with Crippen LogP contribution in [-0.4, -0.2) is 22.0 Å². The van der Waals surface area contributed by atoms with Gasteiger partial charge >= 0.3 is 0 Å². The first-order chi connectivity index (χ1) is 8.13. The average Bonchev–Trinajstić information content (AvgIpc) is 2.65. The molecule has 0 saturated carbocycles. The third kappa shape index (κ3) is 2.48. The molecule has 1 aromatic heterocycles. The number of halogens is 3. The molecule has 0 aliphatic carbocycles. The van der Waals surface area contributed by atoms with E-state index >= 15 is 0 Å². The van der Waals surface area contributed by atoms with Crippen molar-refractivity contribution >= 4 is 27.5 Å². The summed E-state index contributed by atoms with van der Waals surface area (Å²) in [6.45, 7) is 0.590. The van der Waals surface area contributed by atoms with Crippen LogP contribution in [0.15, 0.2) is 22.8 Å². The maximum atomic E-state index is 13.1. The monoisotopic (exact) mass is 318 g/mol. The third-order valence-corrected chi connectivity index (χ3v) is 3.06. The van der Waals surface area contributed by atoms with Gasteiger partial charge in [-0.3, -0.25) is 0 Å². The molecule has 0 aliphatic heterocycles. The Kier molecular flexibility index (Phi) is 3.76. The summed E-state index contributed by atoms with van der Waals surface area (Å²) in [6, 6.07) is 2.58. The summed E-state index contributed by atoms with van der Waals surface area (Å²) in [6.07, 6.45) is 1.63. The summed E-state index contributed by atoms with van der Waals surface area (Å²) in [5, 5.41) is 11.0. The quantitative estimate of drug-likeness (QED) is 0.945. The molecule has 0 amide bonds. The predicted octanol–water partition coefficient (Wildman–Crippen LogP) is 2.54. The Balaban J connectivity index is 2.56. The number of aromatic nitrogens is 3. The minimum absolute atomic E-state index is 0.278. The van der Waals surface area contributed by atoms with Gasteiger partial charge in [0.1, 0.15) is 5.82 Å². The highest BCUT2D eigenvalue weighted by Crippen LogP contribution is 2.30. The maximum Gasteiger partial charge on any atom is 0.125 e. The lowest BCUT2D eigenvalue weighted by Gasteiger charge is -2.10. The van der Waals surface area contributed by atoms with E-state index in [0.29, 0.717) is 16.7 Å². The van der Waals surface area contributed by atoms with Gasteiger partial charge < -0.3 is 5.32 Å². The fourth-order valence-corrected chi connectivity index (χ4v) is 2.48. The van der Waals surface area contributed by atoms with Crippen molar-refractivity contribution in [1.29, 1.82) is 0 Å². The second-order valence-corrected chi connectivity index (χ2v) is 4.65. The number of nitrogens with zero attached hydrogens (tertiary/aromatic N) is 3. The Labute approximate surface area is 111 Å². The molecule has 2 aromatic rings. The summed E-state index contributed by atoms with van der Waals surface area (Å²) < 4.78 is 15.2. The predicted molar refractivity (Wildman–Crippen MR) is 66.8 cm³/mol. The van der Waals surface area contributed by atoms with E-state index in [0.717, 1.165) is 5.69 Å². The Morgan fingerprint density at radius 1 is 1.53 bits per heavy atom. The summed E-state index contributed by atoms with van der Waals surface area (Å²) in [5.74, 6) is -0.402. The van der Waals surface area contributed by atoms with Gasteiger partial charge in [0.15, 0.2) is 0 Å². The van der Waals surface area contributed by atoms with Gasteiger partial charge in [0, 0.05) is 11.0 Å². The summed E-state index contributed by atoms with van der Waals surface area (Å²) in [5.41, 5.74) is 1.41. The van der Waals surface area contributed by atoms with Crippen LogP contribution in [0.1, 0.15) is 5.69 Å². The van der Waals surface area contributed by atoms with Gasteiger partial charge in [0.25, 0.3) is 0 Å². The molecule has 90 valence electrons. The van der Waals surface area contributed by atoms with Crippen molar-refractivity contribution in [2.75, 3.05) is 7.05 Å². The van der Waals surface area contributed by atoms with Crippen molar-refractivity contribution in [2.24, 2.45) is 0 Å². The van der Waals surface area contributed by atoms with Crippen LogP contribution in [-0.2, 0) is 6.54 Å². The Morgan fingerprint density at radius 2 is 2.29 bits per heavy atom. The van der Waals surface area contributed by atoms with Gasteiger partial charge in [0.05, 0.1) is 22.6 Å². The topological polar surface area (TPSA) is 42.7 Å². The van der Waals surface area contributed by atoms with Crippen molar-refractivity contribution in [3.63, 3.8) is 0 Å². The van der Waals surface area contributed by atoms with Crippen molar-refractivity contribution in [1.82, 2.24) is 20.3 Å². The van der Waals surface area contributed by atoms with E-state index in [1.807, 2.05) is 7.05 Å². The summed E-state index contributed by atoms with van der Waals surface area (Å²) >= 11 is 9.29. The van der Waals surface area contributed by atoms with Gasteiger partial charge in [-0.05, 0) is 35.1 Å². The van der Waals surface area contributed by atoms with Crippen LogP contribution in [0, 0.1) is 5.82 Å². The molecule has 4 nitrogen and oxygen atoms in total. The Bertz CT molecular complexity index is 520. The summed E-state index contributed by atoms with van der Waals surface area (Å²) in [7, 11) is 1.82. The molecule has 1 N–H and O–H groups in total. The van der Waals surface area contributed by atoms with E-state index in [1.54, 1.807) is 10.9 Å². The van der Waals surface area contributed by atoms with Crippen LogP contribution in [0.4, 0.5) is 4.39 Å². The van der Waals surface area contributed by atoms with Crippen LogP contribution >= 0.6 is 27.5 Å². The highest BCUT2D eigenvalue weighted by molar-refractivity contribution is 9.10. The van der Waals surface area contributed by atoms with Crippen molar-refractivity contribution in [2.45, 2.75) is 6.54 Å². The fourth-order valence-electron chi connectivity index (χ4n) is 1.48. The highest BCUT2D eigenvalue weighted by Gasteiger charge is 2.14. The van der Waals surface area contributed by atoms with E-state index in [1.165, 1.54) is 12.1 Å². The zero-order chi connectivity index (χ0) is 12.4. The van der Waals surface area contributed by atoms with Crippen molar-refractivity contribution in [3.05, 3.63) is 39.3 Å². The molecule has 17 heavy (non-hydrogen) atoms. The zero-order valence-corrected chi connectivity index (χ0v) is 11.3. The molecule has 7 heteroatoms. The van der Waals surface area contributed by atoms with E-state index in [9.17, 15) is 4.39 Å². The van der Waals surface area contributed by atoms with Crippen LogP contribution in [0.5, 0.6) is 0 Å². The van der Waals surface area contributed by atoms with Crippen LogP contribution in [0.25, 0.3) is 5.69 Å². The lowest BCUT2D eigenvalue weighted by molar-refractivity contribution is 0.625. The first kappa shape index (κ1) is 12.5. The Hall–Kier alpha value is -0.980. The second kappa shape index (κ2) is 5.12. The molecule has 0 radical (unpaired) electrons. The van der Waals surface area contributed by atoms with Crippen LogP contribution in [0.3, 0.4) is 0 Å². The van der Waals surface area contributed by atoms with Crippen molar-refractivity contribution < 1.29 is 4.39 Å². The normalized spacial score (nSPS) is 10.8. The number of benzene rings is 1.